The Morgan fingerprint density at radius 3 is 2.92 bits per heavy atom. The fourth-order valence-corrected chi connectivity index (χ4v) is 1.44. The predicted molar refractivity (Wildman–Crippen MR) is 49.3 cm³/mol. The molecule has 13 heavy (non-hydrogen) atoms. The van der Waals surface area contributed by atoms with Gasteiger partial charge in [-0.2, -0.15) is 0 Å². The minimum Gasteiger partial charge on any atom is -0.265 e. The summed E-state index contributed by atoms with van der Waals surface area (Å²) in [5, 5.41) is 7.29. The first-order valence-electron chi connectivity index (χ1n) is 4.40. The zero-order valence-corrected chi connectivity index (χ0v) is 7.45. The first-order chi connectivity index (χ1) is 6.31. The third kappa shape index (κ3) is 1.37. The number of nitrogens with zero attached hydrogens (tertiary/aromatic N) is 2. The summed E-state index contributed by atoms with van der Waals surface area (Å²) in [6.07, 6.45) is 2.13. The number of carbonyl (C=O) groups excluding carboxylic acids is 1. The van der Waals surface area contributed by atoms with Crippen LogP contribution in [0.25, 0.3) is 0 Å². The van der Waals surface area contributed by atoms with Gasteiger partial charge in [0.1, 0.15) is 0 Å². The summed E-state index contributed by atoms with van der Waals surface area (Å²) in [6, 6.07) is 5.71. The van der Waals surface area contributed by atoms with Crippen LogP contribution >= 0.6 is 0 Å². The summed E-state index contributed by atoms with van der Waals surface area (Å²) < 4.78 is 0. The molecular formula is C10H10N2O. The van der Waals surface area contributed by atoms with Gasteiger partial charge in [-0.3, -0.25) is 4.79 Å². The summed E-state index contributed by atoms with van der Waals surface area (Å²) in [6.45, 7) is 2.12. The zero-order valence-electron chi connectivity index (χ0n) is 7.45. The van der Waals surface area contributed by atoms with Crippen LogP contribution in [0.15, 0.2) is 28.4 Å². The van der Waals surface area contributed by atoms with E-state index in [4.69, 9.17) is 0 Å². The molecule has 1 aliphatic heterocycles. The Morgan fingerprint density at radius 2 is 2.15 bits per heavy atom. The van der Waals surface area contributed by atoms with Gasteiger partial charge in [0.15, 0.2) is 0 Å². The molecule has 1 aromatic rings. The fourth-order valence-electron chi connectivity index (χ4n) is 1.44. The van der Waals surface area contributed by atoms with Crippen molar-refractivity contribution in [3.63, 3.8) is 0 Å². The highest BCUT2D eigenvalue weighted by molar-refractivity contribution is 6.01. The van der Waals surface area contributed by atoms with Crippen LogP contribution in [-0.2, 0) is 6.42 Å². The number of benzene rings is 1. The lowest BCUT2D eigenvalue weighted by Gasteiger charge is -1.99. The van der Waals surface area contributed by atoms with Crippen LogP contribution < -0.4 is 0 Å². The molecule has 0 saturated heterocycles. The summed E-state index contributed by atoms with van der Waals surface area (Å²) in [4.78, 5) is 11.1. The molecule has 0 aromatic heterocycles. The van der Waals surface area contributed by atoms with Crippen molar-refractivity contribution in [3.05, 3.63) is 29.3 Å². The number of rotatable bonds is 2. The number of carbonyl (C=O) groups is 1. The number of hydrogen-bond donors (Lipinski definition) is 0. The number of fused-ring (bicyclic) bond motifs is 1. The smallest absolute Gasteiger partial charge is 0.265 e. The molecule has 0 N–H and O–H groups in total. The Labute approximate surface area is 76.5 Å². The van der Waals surface area contributed by atoms with Gasteiger partial charge in [-0.05, 0) is 24.1 Å². The van der Waals surface area contributed by atoms with E-state index in [1.807, 2.05) is 18.2 Å². The number of hydrogen-bond acceptors (Lipinski definition) is 2. The van der Waals surface area contributed by atoms with Crippen LogP contribution in [0.5, 0.6) is 0 Å². The molecule has 1 aliphatic rings. The maximum absolute atomic E-state index is 11.1. The second-order valence-electron chi connectivity index (χ2n) is 3.11. The Kier molecular flexibility index (Phi) is 1.93. The number of aryl methyl sites for hydroxylation is 1. The third-order valence-electron chi connectivity index (χ3n) is 2.08. The molecular weight excluding hydrogens is 164 g/mol. The Bertz CT molecular complexity index is 383. The van der Waals surface area contributed by atoms with Gasteiger partial charge in [0.05, 0.1) is 11.3 Å². The SMILES string of the molecule is CCCc1ccc2c(c1)N=NC2=O. The minimum absolute atomic E-state index is 0.224. The van der Waals surface area contributed by atoms with Gasteiger partial charge >= 0.3 is 0 Å². The monoisotopic (exact) mass is 174 g/mol. The average Bonchev–Trinajstić information content (AvgIpc) is 2.48. The molecule has 66 valence electrons. The van der Waals surface area contributed by atoms with Crippen molar-refractivity contribution in [2.24, 2.45) is 10.2 Å². The summed E-state index contributed by atoms with van der Waals surface area (Å²) in [5.41, 5.74) is 2.56. The van der Waals surface area contributed by atoms with Gasteiger partial charge in [0.25, 0.3) is 5.91 Å². The maximum Gasteiger partial charge on any atom is 0.297 e. The lowest BCUT2D eigenvalue weighted by molar-refractivity contribution is 0.100. The highest BCUT2D eigenvalue weighted by Gasteiger charge is 2.16. The van der Waals surface area contributed by atoms with Gasteiger partial charge in [-0.15, -0.1) is 10.2 Å². The van der Waals surface area contributed by atoms with Crippen LogP contribution in [0.3, 0.4) is 0 Å². The summed E-state index contributed by atoms with van der Waals surface area (Å²) in [7, 11) is 0. The molecule has 0 spiro atoms. The molecule has 1 aromatic carbocycles. The molecule has 3 nitrogen and oxygen atoms in total. The van der Waals surface area contributed by atoms with E-state index in [9.17, 15) is 4.79 Å². The van der Waals surface area contributed by atoms with Gasteiger partial charge in [0, 0.05) is 0 Å². The van der Waals surface area contributed by atoms with Crippen molar-refractivity contribution in [2.75, 3.05) is 0 Å². The van der Waals surface area contributed by atoms with E-state index >= 15 is 0 Å². The van der Waals surface area contributed by atoms with Crippen molar-refractivity contribution in [1.29, 1.82) is 0 Å². The van der Waals surface area contributed by atoms with Crippen molar-refractivity contribution >= 4 is 11.6 Å². The zero-order chi connectivity index (χ0) is 9.26. The van der Waals surface area contributed by atoms with Crippen LogP contribution in [0.1, 0.15) is 29.3 Å². The van der Waals surface area contributed by atoms with E-state index < -0.39 is 0 Å². The van der Waals surface area contributed by atoms with Crippen LogP contribution in [0, 0.1) is 0 Å². The average molecular weight is 174 g/mol. The standard InChI is InChI=1S/C10H10N2O/c1-2-3-7-4-5-8-9(6-7)11-12-10(8)13/h4-6H,2-3H2,1H3. The van der Waals surface area contributed by atoms with Gasteiger partial charge in [-0.1, -0.05) is 19.4 Å². The molecule has 0 aliphatic carbocycles. The quantitative estimate of drug-likeness (QED) is 0.679. The number of amides is 1. The van der Waals surface area contributed by atoms with E-state index in [0.717, 1.165) is 18.5 Å². The highest BCUT2D eigenvalue weighted by atomic mass is 16.2. The van der Waals surface area contributed by atoms with Crippen molar-refractivity contribution < 1.29 is 4.79 Å². The second-order valence-corrected chi connectivity index (χ2v) is 3.11. The molecule has 1 heterocycles. The van der Waals surface area contributed by atoms with Gasteiger partial charge < -0.3 is 0 Å². The first kappa shape index (κ1) is 8.10. The predicted octanol–water partition coefficient (Wildman–Crippen LogP) is 2.88. The lowest BCUT2D eigenvalue weighted by Crippen LogP contribution is -1.90. The van der Waals surface area contributed by atoms with Gasteiger partial charge in [-0.25, -0.2) is 0 Å². The first-order valence-corrected chi connectivity index (χ1v) is 4.40. The molecule has 1 amide bonds. The van der Waals surface area contributed by atoms with E-state index in [2.05, 4.69) is 17.2 Å². The summed E-state index contributed by atoms with van der Waals surface area (Å²) in [5.74, 6) is -0.224. The van der Waals surface area contributed by atoms with Crippen LogP contribution in [-0.4, -0.2) is 5.91 Å². The molecule has 0 atom stereocenters. The van der Waals surface area contributed by atoms with Crippen LogP contribution in [0.2, 0.25) is 0 Å². The molecule has 2 rings (SSSR count). The molecule has 3 heteroatoms. The van der Waals surface area contributed by atoms with E-state index in [0.29, 0.717) is 5.56 Å². The normalized spacial score (nSPS) is 13.5. The Balaban J connectivity index is 2.39. The van der Waals surface area contributed by atoms with Crippen molar-refractivity contribution in [3.8, 4) is 0 Å². The topological polar surface area (TPSA) is 41.8 Å². The second kappa shape index (κ2) is 3.09. The van der Waals surface area contributed by atoms with E-state index in [1.54, 1.807) is 0 Å². The maximum atomic E-state index is 11.1. The van der Waals surface area contributed by atoms with Crippen molar-refractivity contribution in [1.82, 2.24) is 0 Å². The van der Waals surface area contributed by atoms with E-state index in [-0.39, 0.29) is 5.91 Å². The fraction of sp³-hybridized carbons (Fsp3) is 0.300. The van der Waals surface area contributed by atoms with Crippen molar-refractivity contribution in [2.45, 2.75) is 19.8 Å². The largest absolute Gasteiger partial charge is 0.297 e. The summed E-state index contributed by atoms with van der Waals surface area (Å²) >= 11 is 0. The number of azo groups is 1. The lowest BCUT2D eigenvalue weighted by atomic mass is 10.1. The van der Waals surface area contributed by atoms with Gasteiger partial charge in [0.2, 0.25) is 0 Å². The molecule has 0 bridgehead atoms. The third-order valence-corrected chi connectivity index (χ3v) is 2.08. The molecule has 0 saturated carbocycles. The molecule has 0 fully saturated rings. The minimum atomic E-state index is -0.224. The van der Waals surface area contributed by atoms with E-state index in [1.165, 1.54) is 5.56 Å². The molecule has 0 radical (unpaired) electrons. The highest BCUT2D eigenvalue weighted by Crippen LogP contribution is 2.27. The Hall–Kier alpha value is -1.51. The Morgan fingerprint density at radius 1 is 1.31 bits per heavy atom. The molecule has 0 unspecified atom stereocenters. The van der Waals surface area contributed by atoms with Crippen LogP contribution in [0.4, 0.5) is 5.69 Å².